The number of rotatable bonds is 7. The Morgan fingerprint density at radius 2 is 2.00 bits per heavy atom. The van der Waals surface area contributed by atoms with E-state index in [0.29, 0.717) is 5.69 Å². The Morgan fingerprint density at radius 3 is 2.47 bits per heavy atom. The van der Waals surface area contributed by atoms with Crippen LogP contribution >= 0.6 is 11.3 Å². The van der Waals surface area contributed by atoms with Gasteiger partial charge in [-0.15, -0.1) is 11.3 Å². The third-order valence-corrected chi connectivity index (χ3v) is 4.09. The van der Waals surface area contributed by atoms with Crippen LogP contribution in [0.25, 0.3) is 0 Å². The van der Waals surface area contributed by atoms with Gasteiger partial charge in [0, 0.05) is 10.9 Å². The van der Waals surface area contributed by atoms with E-state index in [0.717, 1.165) is 24.4 Å². The molecule has 5 heteroatoms. The molecule has 1 heterocycles. The number of carbonyl (C=O) groups is 1. The zero-order valence-corrected chi connectivity index (χ0v) is 11.4. The fraction of sp³-hybridized carbons (Fsp3) is 0.667. The lowest BCUT2D eigenvalue weighted by Gasteiger charge is -2.31. The molecule has 0 saturated heterocycles. The van der Waals surface area contributed by atoms with Crippen molar-refractivity contribution in [2.75, 3.05) is 5.32 Å². The summed E-state index contributed by atoms with van der Waals surface area (Å²) in [5, 5.41) is 14.8. The number of aromatic nitrogens is 1. The maximum Gasteiger partial charge on any atom is 0.309 e. The van der Waals surface area contributed by atoms with Crippen molar-refractivity contribution in [1.29, 1.82) is 0 Å². The predicted octanol–water partition coefficient (Wildman–Crippen LogP) is 3.15. The molecule has 0 aromatic carbocycles. The van der Waals surface area contributed by atoms with Crippen LogP contribution in [0.3, 0.4) is 0 Å². The Balaban J connectivity index is 2.73. The monoisotopic (exact) mass is 256 g/mol. The lowest BCUT2D eigenvalue weighted by Crippen LogP contribution is -2.36. The summed E-state index contributed by atoms with van der Waals surface area (Å²) in [6.07, 6.45) is 3.10. The molecule has 0 spiro atoms. The molecule has 0 amide bonds. The first-order valence-corrected chi connectivity index (χ1v) is 6.87. The number of thiazole rings is 1. The Kier molecular flexibility index (Phi) is 4.93. The van der Waals surface area contributed by atoms with Gasteiger partial charge in [0.2, 0.25) is 0 Å². The molecule has 2 N–H and O–H groups in total. The highest BCUT2D eigenvalue weighted by Gasteiger charge is 2.24. The standard InChI is InChI=1S/C12H20N2O2S/c1-4-12(5-2,6-3)14-11-13-9(8-17-11)7-10(15)16/h8H,4-7H2,1-3H3,(H,13,14)(H,15,16). The highest BCUT2D eigenvalue weighted by atomic mass is 32.1. The summed E-state index contributed by atoms with van der Waals surface area (Å²) >= 11 is 1.48. The third kappa shape index (κ3) is 3.70. The van der Waals surface area contributed by atoms with Gasteiger partial charge < -0.3 is 10.4 Å². The molecule has 4 nitrogen and oxygen atoms in total. The molecule has 0 radical (unpaired) electrons. The molecule has 0 unspecified atom stereocenters. The molecule has 0 bridgehead atoms. The lowest BCUT2D eigenvalue weighted by molar-refractivity contribution is -0.136. The van der Waals surface area contributed by atoms with Gasteiger partial charge in [-0.05, 0) is 19.3 Å². The number of hydrogen-bond donors (Lipinski definition) is 2. The molecule has 0 atom stereocenters. The van der Waals surface area contributed by atoms with Crippen LogP contribution in [-0.4, -0.2) is 21.6 Å². The molecular formula is C12H20N2O2S. The summed E-state index contributed by atoms with van der Waals surface area (Å²) in [5.41, 5.74) is 0.709. The molecule has 0 fully saturated rings. The molecule has 0 aliphatic rings. The number of carboxylic acid groups (broad SMARTS) is 1. The summed E-state index contributed by atoms with van der Waals surface area (Å²) in [7, 11) is 0. The van der Waals surface area contributed by atoms with Gasteiger partial charge in [0.15, 0.2) is 5.13 Å². The number of hydrogen-bond acceptors (Lipinski definition) is 4. The first-order valence-electron chi connectivity index (χ1n) is 5.99. The van der Waals surface area contributed by atoms with Gasteiger partial charge in [-0.1, -0.05) is 20.8 Å². The lowest BCUT2D eigenvalue weighted by atomic mass is 9.90. The summed E-state index contributed by atoms with van der Waals surface area (Å²) in [6.45, 7) is 6.48. The number of aliphatic carboxylic acids is 1. The van der Waals surface area contributed by atoms with Crippen LogP contribution in [0.4, 0.5) is 5.13 Å². The Morgan fingerprint density at radius 1 is 1.41 bits per heavy atom. The predicted molar refractivity (Wildman–Crippen MR) is 70.7 cm³/mol. The van der Waals surface area contributed by atoms with Gasteiger partial charge in [-0.2, -0.15) is 0 Å². The van der Waals surface area contributed by atoms with E-state index < -0.39 is 5.97 Å². The van der Waals surface area contributed by atoms with Crippen LogP contribution in [0.2, 0.25) is 0 Å². The number of carboxylic acids is 1. The average molecular weight is 256 g/mol. The van der Waals surface area contributed by atoms with Gasteiger partial charge in [0.1, 0.15) is 0 Å². The van der Waals surface area contributed by atoms with Crippen molar-refractivity contribution in [3.05, 3.63) is 11.1 Å². The van der Waals surface area contributed by atoms with Crippen LogP contribution in [0.1, 0.15) is 45.7 Å². The Hall–Kier alpha value is -1.10. The normalized spacial score (nSPS) is 11.5. The van der Waals surface area contributed by atoms with Crippen LogP contribution in [0.5, 0.6) is 0 Å². The summed E-state index contributed by atoms with van der Waals surface area (Å²) in [6, 6.07) is 0. The van der Waals surface area contributed by atoms with Crippen molar-refractivity contribution in [3.63, 3.8) is 0 Å². The van der Waals surface area contributed by atoms with Gasteiger partial charge in [-0.25, -0.2) is 4.98 Å². The summed E-state index contributed by atoms with van der Waals surface area (Å²) < 4.78 is 0. The van der Waals surface area contributed by atoms with Crippen molar-refractivity contribution < 1.29 is 9.90 Å². The largest absolute Gasteiger partial charge is 0.481 e. The smallest absolute Gasteiger partial charge is 0.309 e. The quantitative estimate of drug-likeness (QED) is 0.786. The minimum Gasteiger partial charge on any atom is -0.481 e. The summed E-state index contributed by atoms with van der Waals surface area (Å²) in [4.78, 5) is 14.9. The second-order valence-electron chi connectivity index (χ2n) is 4.18. The van der Waals surface area contributed by atoms with E-state index in [1.807, 2.05) is 5.38 Å². The maximum atomic E-state index is 10.6. The van der Waals surface area contributed by atoms with E-state index in [1.54, 1.807) is 0 Å². The number of nitrogens with zero attached hydrogens (tertiary/aromatic N) is 1. The second-order valence-corrected chi connectivity index (χ2v) is 5.04. The van der Waals surface area contributed by atoms with Crippen molar-refractivity contribution in [2.24, 2.45) is 0 Å². The maximum absolute atomic E-state index is 10.6. The van der Waals surface area contributed by atoms with Crippen LogP contribution in [-0.2, 0) is 11.2 Å². The van der Waals surface area contributed by atoms with Gasteiger partial charge in [-0.3, -0.25) is 4.79 Å². The Labute approximate surface area is 106 Å². The second kappa shape index (κ2) is 6.00. The fourth-order valence-electron chi connectivity index (χ4n) is 1.84. The van der Waals surface area contributed by atoms with Crippen LogP contribution in [0.15, 0.2) is 5.38 Å². The molecule has 96 valence electrons. The van der Waals surface area contributed by atoms with E-state index in [1.165, 1.54) is 11.3 Å². The van der Waals surface area contributed by atoms with Crippen molar-refractivity contribution in [3.8, 4) is 0 Å². The first-order chi connectivity index (χ1) is 8.05. The van der Waals surface area contributed by atoms with Crippen LogP contribution in [0, 0.1) is 0 Å². The minimum atomic E-state index is -0.838. The molecule has 0 saturated carbocycles. The number of nitrogens with one attached hydrogen (secondary N) is 1. The van der Waals surface area contributed by atoms with E-state index in [9.17, 15) is 4.79 Å². The molecule has 1 rings (SSSR count). The van der Waals surface area contributed by atoms with E-state index in [4.69, 9.17) is 5.11 Å². The van der Waals surface area contributed by atoms with Crippen LogP contribution < -0.4 is 5.32 Å². The van der Waals surface area contributed by atoms with E-state index >= 15 is 0 Å². The molecule has 1 aromatic heterocycles. The third-order valence-electron chi connectivity index (χ3n) is 3.29. The number of anilines is 1. The van der Waals surface area contributed by atoms with Crippen molar-refractivity contribution >= 4 is 22.4 Å². The van der Waals surface area contributed by atoms with E-state index in [-0.39, 0.29) is 12.0 Å². The van der Waals surface area contributed by atoms with Gasteiger partial charge in [0.25, 0.3) is 0 Å². The highest BCUT2D eigenvalue weighted by molar-refractivity contribution is 7.13. The van der Waals surface area contributed by atoms with Gasteiger partial charge >= 0.3 is 5.97 Å². The fourth-order valence-corrected chi connectivity index (χ4v) is 2.67. The molecular weight excluding hydrogens is 236 g/mol. The van der Waals surface area contributed by atoms with E-state index in [2.05, 4.69) is 31.1 Å². The molecule has 0 aliphatic carbocycles. The van der Waals surface area contributed by atoms with Crippen molar-refractivity contribution in [1.82, 2.24) is 4.98 Å². The SMILES string of the molecule is CCC(CC)(CC)Nc1nc(CC(=O)O)cs1. The Bertz CT molecular complexity index is 364. The molecule has 0 aliphatic heterocycles. The zero-order chi connectivity index (χ0) is 12.9. The topological polar surface area (TPSA) is 62.2 Å². The van der Waals surface area contributed by atoms with Crippen molar-refractivity contribution in [2.45, 2.75) is 52.0 Å². The summed E-state index contributed by atoms with van der Waals surface area (Å²) in [5.74, 6) is -0.838. The first kappa shape index (κ1) is 14.0. The zero-order valence-electron chi connectivity index (χ0n) is 10.6. The average Bonchev–Trinajstić information content (AvgIpc) is 2.72. The molecule has 17 heavy (non-hydrogen) atoms. The van der Waals surface area contributed by atoms with Gasteiger partial charge in [0.05, 0.1) is 12.1 Å². The highest BCUT2D eigenvalue weighted by Crippen LogP contribution is 2.27. The minimum absolute atomic E-state index is 0.00441. The molecule has 1 aromatic rings.